The maximum atomic E-state index is 11.9. The molecule has 0 aromatic heterocycles. The second-order valence-corrected chi connectivity index (χ2v) is 5.87. The van der Waals surface area contributed by atoms with Crippen LogP contribution >= 0.6 is 0 Å². The maximum Gasteiger partial charge on any atom is 0.220 e. The van der Waals surface area contributed by atoms with E-state index in [4.69, 9.17) is 21.2 Å². The van der Waals surface area contributed by atoms with Crippen molar-refractivity contribution in [2.24, 2.45) is 11.5 Å². The highest BCUT2D eigenvalue weighted by molar-refractivity contribution is 5.90. The summed E-state index contributed by atoms with van der Waals surface area (Å²) in [4.78, 5) is 43.2. The van der Waals surface area contributed by atoms with E-state index < -0.39 is 0 Å². The van der Waals surface area contributed by atoms with Gasteiger partial charge in [0.2, 0.25) is 5.91 Å². The van der Waals surface area contributed by atoms with E-state index in [2.05, 4.69) is 11.9 Å². The molecule has 144 valence electrons. The predicted molar refractivity (Wildman–Crippen MR) is 101 cm³/mol. The van der Waals surface area contributed by atoms with Crippen molar-refractivity contribution in [3.05, 3.63) is 47.0 Å². The molecule has 0 saturated heterocycles. The van der Waals surface area contributed by atoms with Crippen LogP contribution in [0.2, 0.25) is 0 Å². The molecule has 0 heterocycles. The van der Waals surface area contributed by atoms with Crippen LogP contribution in [0.25, 0.3) is 11.4 Å². The molecule has 0 unspecified atom stereocenters. The highest BCUT2D eigenvalue weighted by Crippen LogP contribution is 2.17. The van der Waals surface area contributed by atoms with E-state index in [9.17, 15) is 14.4 Å². The lowest BCUT2D eigenvalue weighted by molar-refractivity contribution is -0.288. The van der Waals surface area contributed by atoms with Crippen LogP contribution in [-0.4, -0.2) is 31.0 Å². The molecule has 1 aromatic rings. The van der Waals surface area contributed by atoms with Gasteiger partial charge in [-0.25, -0.2) is 19.4 Å². The van der Waals surface area contributed by atoms with E-state index in [1.54, 1.807) is 24.0 Å². The second kappa shape index (κ2) is 11.5. The van der Waals surface area contributed by atoms with E-state index in [0.29, 0.717) is 29.7 Å². The number of nitrogens with two attached hydrogens (primary N) is 2. The number of hydrogen-bond acceptors (Lipinski definition) is 7. The number of rotatable bonds is 11. The monoisotopic (exact) mass is 373 g/mol. The summed E-state index contributed by atoms with van der Waals surface area (Å²) in [6, 6.07) is 4.70. The molecular formula is C19H23N3O5. The SMILES string of the molecule is C=C(C)COOCCCC(=O)NCc1cc(C(N)=C=O)cc(C(N)=C=O)c1. The van der Waals surface area contributed by atoms with Gasteiger partial charge in [0.15, 0.2) is 11.9 Å². The summed E-state index contributed by atoms with van der Waals surface area (Å²) in [5.74, 6) is 2.98. The van der Waals surface area contributed by atoms with Gasteiger partial charge < -0.3 is 16.8 Å². The lowest BCUT2D eigenvalue weighted by Crippen LogP contribution is -2.23. The molecular weight excluding hydrogens is 350 g/mol. The summed E-state index contributed by atoms with van der Waals surface area (Å²) in [7, 11) is 0. The molecule has 0 radical (unpaired) electrons. The number of hydrogen-bond donors (Lipinski definition) is 3. The number of benzene rings is 1. The molecule has 27 heavy (non-hydrogen) atoms. The first-order valence-corrected chi connectivity index (χ1v) is 8.18. The van der Waals surface area contributed by atoms with Gasteiger partial charge in [-0.05, 0) is 37.1 Å². The third-order valence-corrected chi connectivity index (χ3v) is 3.34. The minimum absolute atomic E-state index is 0.130. The van der Waals surface area contributed by atoms with Gasteiger partial charge in [0.1, 0.15) is 18.0 Å². The maximum absolute atomic E-state index is 11.9. The molecule has 0 saturated carbocycles. The van der Waals surface area contributed by atoms with Crippen molar-refractivity contribution in [2.75, 3.05) is 13.2 Å². The normalized spacial score (nSPS) is 9.81. The predicted octanol–water partition coefficient (Wildman–Crippen LogP) is 0.870. The lowest BCUT2D eigenvalue weighted by Gasteiger charge is -2.10. The summed E-state index contributed by atoms with van der Waals surface area (Å²) in [5, 5.41) is 2.73. The van der Waals surface area contributed by atoms with Gasteiger partial charge in [-0.1, -0.05) is 12.2 Å². The Balaban J connectivity index is 2.60. The smallest absolute Gasteiger partial charge is 0.220 e. The molecule has 5 N–H and O–H groups in total. The number of carbonyl (C=O) groups excluding carboxylic acids is 3. The molecule has 8 heteroatoms. The molecule has 1 rings (SSSR count). The molecule has 0 atom stereocenters. The van der Waals surface area contributed by atoms with Gasteiger partial charge >= 0.3 is 0 Å². The number of nitrogens with one attached hydrogen (secondary N) is 1. The van der Waals surface area contributed by atoms with E-state index in [1.807, 2.05) is 6.92 Å². The minimum Gasteiger partial charge on any atom is -0.389 e. The van der Waals surface area contributed by atoms with Crippen molar-refractivity contribution >= 4 is 29.2 Å². The van der Waals surface area contributed by atoms with Gasteiger partial charge in [0, 0.05) is 24.1 Å². The average Bonchev–Trinajstić information content (AvgIpc) is 2.67. The van der Waals surface area contributed by atoms with E-state index in [1.165, 1.54) is 6.07 Å². The first-order chi connectivity index (χ1) is 12.9. The Hall–Kier alpha value is -3.15. The molecule has 8 nitrogen and oxygen atoms in total. The average molecular weight is 373 g/mol. The van der Waals surface area contributed by atoms with Crippen LogP contribution in [0.5, 0.6) is 0 Å². The molecule has 1 amide bonds. The summed E-state index contributed by atoms with van der Waals surface area (Å²) in [5.41, 5.74) is 13.1. The fourth-order valence-corrected chi connectivity index (χ4v) is 2.00. The summed E-state index contributed by atoms with van der Waals surface area (Å²) < 4.78 is 0. The molecule has 0 aliphatic carbocycles. The molecule has 0 fully saturated rings. The molecule has 0 spiro atoms. The Labute approximate surface area is 157 Å². The van der Waals surface area contributed by atoms with Crippen LogP contribution in [0.15, 0.2) is 30.4 Å². The third kappa shape index (κ3) is 8.18. The highest BCUT2D eigenvalue weighted by Gasteiger charge is 2.08. The van der Waals surface area contributed by atoms with E-state index >= 15 is 0 Å². The standard InChI is InChI=1S/C19H23N3O5/c1-13(2)12-27-26-5-3-4-19(25)22-9-14-6-15(17(20)10-23)8-16(7-14)18(21)11-24/h6-8H,1,3-5,9,12,20-21H2,2H3,(H,22,25). The van der Waals surface area contributed by atoms with Crippen LogP contribution in [0.3, 0.4) is 0 Å². The van der Waals surface area contributed by atoms with Crippen LogP contribution in [0.4, 0.5) is 0 Å². The van der Waals surface area contributed by atoms with Crippen LogP contribution in [-0.2, 0) is 30.7 Å². The van der Waals surface area contributed by atoms with Crippen molar-refractivity contribution in [3.8, 4) is 0 Å². The summed E-state index contributed by atoms with van der Waals surface area (Å²) in [6.45, 7) is 6.24. The highest BCUT2D eigenvalue weighted by atomic mass is 17.2. The van der Waals surface area contributed by atoms with Gasteiger partial charge in [-0.15, -0.1) is 0 Å². The molecule has 0 aliphatic heterocycles. The van der Waals surface area contributed by atoms with E-state index in [-0.39, 0.29) is 36.9 Å². The Morgan fingerprint density at radius 2 is 1.70 bits per heavy atom. The largest absolute Gasteiger partial charge is 0.389 e. The zero-order valence-corrected chi connectivity index (χ0v) is 15.2. The Kier molecular flexibility index (Phi) is 9.29. The topological polar surface area (TPSA) is 134 Å². The number of amides is 1. The first-order valence-electron chi connectivity index (χ1n) is 8.18. The van der Waals surface area contributed by atoms with Gasteiger partial charge in [0.25, 0.3) is 0 Å². The zero-order chi connectivity index (χ0) is 20.2. The van der Waals surface area contributed by atoms with Crippen LogP contribution in [0.1, 0.15) is 36.5 Å². The Morgan fingerprint density at radius 1 is 1.11 bits per heavy atom. The quantitative estimate of drug-likeness (QED) is 0.172. The molecule has 0 aliphatic rings. The van der Waals surface area contributed by atoms with Crippen LogP contribution < -0.4 is 16.8 Å². The first kappa shape index (κ1) is 21.9. The lowest BCUT2D eigenvalue weighted by atomic mass is 10.0. The molecule has 0 bridgehead atoms. The van der Waals surface area contributed by atoms with E-state index in [0.717, 1.165) is 5.57 Å². The van der Waals surface area contributed by atoms with Gasteiger partial charge in [0.05, 0.1) is 6.61 Å². The van der Waals surface area contributed by atoms with Crippen molar-refractivity contribution in [3.63, 3.8) is 0 Å². The summed E-state index contributed by atoms with van der Waals surface area (Å²) in [6.07, 6.45) is 0.727. The Bertz CT molecular complexity index is 748. The fraction of sp³-hybridized carbons (Fsp3) is 0.316. The Morgan fingerprint density at radius 3 is 2.22 bits per heavy atom. The van der Waals surface area contributed by atoms with Crippen molar-refractivity contribution < 1.29 is 24.2 Å². The third-order valence-electron chi connectivity index (χ3n) is 3.34. The van der Waals surface area contributed by atoms with Crippen molar-refractivity contribution in [1.29, 1.82) is 0 Å². The minimum atomic E-state index is -0.191. The zero-order valence-electron chi connectivity index (χ0n) is 15.2. The molecule has 1 aromatic carbocycles. The van der Waals surface area contributed by atoms with Crippen LogP contribution in [0, 0.1) is 0 Å². The number of carbonyl (C=O) groups is 1. The fourth-order valence-electron chi connectivity index (χ4n) is 2.00. The van der Waals surface area contributed by atoms with Gasteiger partial charge in [-0.2, -0.15) is 0 Å². The van der Waals surface area contributed by atoms with Gasteiger partial charge in [-0.3, -0.25) is 4.79 Å². The second-order valence-electron chi connectivity index (χ2n) is 5.87. The van der Waals surface area contributed by atoms with Crippen molar-refractivity contribution in [1.82, 2.24) is 5.32 Å². The summed E-state index contributed by atoms with van der Waals surface area (Å²) >= 11 is 0. The van der Waals surface area contributed by atoms with Crippen molar-refractivity contribution in [2.45, 2.75) is 26.3 Å².